The molecule has 0 radical (unpaired) electrons. The number of aliphatic hydroxyl groups is 1. The van der Waals surface area contributed by atoms with Crippen LogP contribution in [-0.4, -0.2) is 43.0 Å². The molecule has 1 aliphatic rings. The first-order valence-corrected chi connectivity index (χ1v) is 7.62. The topological polar surface area (TPSA) is 104 Å². The maximum atomic E-state index is 12.2. The van der Waals surface area contributed by atoms with E-state index in [1.165, 1.54) is 0 Å². The van der Waals surface area contributed by atoms with E-state index in [0.717, 1.165) is 19.3 Å². The Hall–Kier alpha value is -0.960. The highest BCUT2D eigenvalue weighted by atomic mass is 32.2. The van der Waals surface area contributed by atoms with Gasteiger partial charge in [-0.05, 0) is 26.2 Å². The average molecular weight is 289 g/mol. The third-order valence-electron chi connectivity index (χ3n) is 3.73. The van der Waals surface area contributed by atoms with Gasteiger partial charge in [0.25, 0.3) is 10.0 Å². The number of hydrogen-bond donors (Lipinski definition) is 3. The molecule has 7 nitrogen and oxygen atoms in total. The number of methoxy groups -OCH3 is 1. The van der Waals surface area contributed by atoms with Crippen LogP contribution in [0.4, 0.5) is 0 Å². The smallest absolute Gasteiger partial charge is 0.260 e. The lowest BCUT2D eigenvalue weighted by atomic mass is 9.80. The van der Waals surface area contributed by atoms with Crippen LogP contribution in [0.15, 0.2) is 5.03 Å². The van der Waals surface area contributed by atoms with Crippen molar-refractivity contribution in [2.75, 3.05) is 13.7 Å². The number of ether oxygens (including phenoxy) is 1. The summed E-state index contributed by atoms with van der Waals surface area (Å²) < 4.78 is 32.2. The second-order valence-corrected chi connectivity index (χ2v) is 6.54. The van der Waals surface area contributed by atoms with E-state index >= 15 is 0 Å². The summed E-state index contributed by atoms with van der Waals surface area (Å²) in [6.45, 7) is 1.52. The van der Waals surface area contributed by atoms with Crippen LogP contribution in [0.5, 0.6) is 0 Å². The number of rotatable bonds is 6. The van der Waals surface area contributed by atoms with Crippen molar-refractivity contribution in [3.8, 4) is 0 Å². The Labute approximate surface area is 112 Å². The summed E-state index contributed by atoms with van der Waals surface area (Å²) in [6.07, 6.45) is 2.73. The van der Waals surface area contributed by atoms with Crippen LogP contribution in [0.3, 0.4) is 0 Å². The number of aromatic amines is 1. The lowest BCUT2D eigenvalue weighted by Crippen LogP contribution is -2.49. The SMILES string of the molecule is COC1(CNS(=O)(=O)c2n[nH]c(C)c2CO)CCC1. The van der Waals surface area contributed by atoms with Crippen molar-refractivity contribution in [3.63, 3.8) is 0 Å². The highest BCUT2D eigenvalue weighted by Gasteiger charge is 2.38. The minimum Gasteiger partial charge on any atom is -0.392 e. The first-order chi connectivity index (χ1) is 8.94. The fraction of sp³-hybridized carbons (Fsp3) is 0.727. The molecule has 0 saturated heterocycles. The highest BCUT2D eigenvalue weighted by Crippen LogP contribution is 2.34. The molecule has 0 atom stereocenters. The monoisotopic (exact) mass is 289 g/mol. The van der Waals surface area contributed by atoms with Crippen LogP contribution in [0.25, 0.3) is 0 Å². The number of nitrogens with one attached hydrogen (secondary N) is 2. The molecule has 0 amide bonds. The maximum Gasteiger partial charge on any atom is 0.260 e. The van der Waals surface area contributed by atoms with Crippen molar-refractivity contribution >= 4 is 10.0 Å². The third kappa shape index (κ3) is 2.66. The van der Waals surface area contributed by atoms with Crippen molar-refractivity contribution in [2.24, 2.45) is 0 Å². The first kappa shape index (κ1) is 14.4. The average Bonchev–Trinajstić information content (AvgIpc) is 2.70. The Kier molecular flexibility index (Phi) is 3.95. The van der Waals surface area contributed by atoms with E-state index in [2.05, 4.69) is 14.9 Å². The molecular formula is C11H19N3O4S. The van der Waals surface area contributed by atoms with Crippen LogP contribution < -0.4 is 4.72 Å². The maximum absolute atomic E-state index is 12.2. The number of aromatic nitrogens is 2. The van der Waals surface area contributed by atoms with Crippen molar-refractivity contribution in [3.05, 3.63) is 11.3 Å². The Bertz CT molecular complexity index is 543. The number of aryl methyl sites for hydroxylation is 1. The zero-order valence-electron chi connectivity index (χ0n) is 11.1. The van der Waals surface area contributed by atoms with Gasteiger partial charge in [-0.2, -0.15) is 5.10 Å². The summed E-state index contributed by atoms with van der Waals surface area (Å²) in [5.41, 5.74) is 0.457. The molecule has 1 aromatic rings. The van der Waals surface area contributed by atoms with Gasteiger partial charge in [0.2, 0.25) is 0 Å². The molecule has 0 bridgehead atoms. The number of nitrogens with zero attached hydrogens (tertiary/aromatic N) is 1. The van der Waals surface area contributed by atoms with Crippen LogP contribution in [0.2, 0.25) is 0 Å². The molecule has 3 N–H and O–H groups in total. The van der Waals surface area contributed by atoms with Gasteiger partial charge in [-0.3, -0.25) is 5.10 Å². The molecule has 0 unspecified atom stereocenters. The molecule has 0 aromatic carbocycles. The van der Waals surface area contributed by atoms with Gasteiger partial charge in [0, 0.05) is 24.9 Å². The molecule has 0 spiro atoms. The standard InChI is InChI=1S/C11H19N3O4S/c1-8-9(6-15)10(14-13-8)19(16,17)12-7-11(18-2)4-3-5-11/h12,15H,3-7H2,1-2H3,(H,13,14). The second kappa shape index (κ2) is 5.20. The van der Waals surface area contributed by atoms with E-state index in [9.17, 15) is 13.5 Å². The minimum absolute atomic E-state index is 0.141. The summed E-state index contributed by atoms with van der Waals surface area (Å²) in [5.74, 6) is 0. The van der Waals surface area contributed by atoms with Gasteiger partial charge >= 0.3 is 0 Å². The van der Waals surface area contributed by atoms with Crippen molar-refractivity contribution in [1.29, 1.82) is 0 Å². The van der Waals surface area contributed by atoms with Crippen LogP contribution in [0.1, 0.15) is 30.5 Å². The van der Waals surface area contributed by atoms with E-state index in [1.807, 2.05) is 0 Å². The van der Waals surface area contributed by atoms with Crippen LogP contribution in [0, 0.1) is 6.92 Å². The van der Waals surface area contributed by atoms with Crippen LogP contribution >= 0.6 is 0 Å². The summed E-state index contributed by atoms with van der Waals surface area (Å²) in [7, 11) is -2.15. The molecule has 1 heterocycles. The fourth-order valence-corrected chi connectivity index (χ4v) is 3.46. The summed E-state index contributed by atoms with van der Waals surface area (Å²) >= 11 is 0. The van der Waals surface area contributed by atoms with Gasteiger partial charge in [0.15, 0.2) is 5.03 Å². The van der Waals surface area contributed by atoms with Crippen molar-refractivity contribution in [1.82, 2.24) is 14.9 Å². The molecule has 1 saturated carbocycles. The van der Waals surface area contributed by atoms with E-state index in [4.69, 9.17) is 4.74 Å². The molecule has 1 aliphatic carbocycles. The van der Waals surface area contributed by atoms with E-state index < -0.39 is 15.6 Å². The van der Waals surface area contributed by atoms with Gasteiger partial charge in [0.05, 0.1) is 12.2 Å². The Balaban J connectivity index is 2.14. The minimum atomic E-state index is -3.73. The lowest BCUT2D eigenvalue weighted by molar-refractivity contribution is -0.0659. The molecule has 19 heavy (non-hydrogen) atoms. The Morgan fingerprint density at radius 3 is 2.68 bits per heavy atom. The molecule has 108 valence electrons. The summed E-state index contributed by atoms with van der Waals surface area (Å²) in [4.78, 5) is 0. The van der Waals surface area contributed by atoms with Crippen molar-refractivity contribution in [2.45, 2.75) is 43.4 Å². The van der Waals surface area contributed by atoms with Crippen LogP contribution in [-0.2, 0) is 21.4 Å². The molecule has 0 aliphatic heterocycles. The van der Waals surface area contributed by atoms with Gasteiger partial charge in [0.1, 0.15) is 0 Å². The molecule has 1 aromatic heterocycles. The third-order valence-corrected chi connectivity index (χ3v) is 5.10. The summed E-state index contributed by atoms with van der Waals surface area (Å²) in [6, 6.07) is 0. The quantitative estimate of drug-likeness (QED) is 0.687. The second-order valence-electron chi connectivity index (χ2n) is 4.86. The van der Waals surface area contributed by atoms with Gasteiger partial charge in [-0.25, -0.2) is 13.1 Å². The molecule has 8 heteroatoms. The fourth-order valence-electron chi connectivity index (χ4n) is 2.16. The predicted octanol–water partition coefficient (Wildman–Crippen LogP) is 0.0578. The Morgan fingerprint density at radius 2 is 2.21 bits per heavy atom. The van der Waals surface area contributed by atoms with E-state index in [-0.39, 0.29) is 18.2 Å². The van der Waals surface area contributed by atoms with E-state index in [0.29, 0.717) is 11.3 Å². The van der Waals surface area contributed by atoms with Gasteiger partial charge < -0.3 is 9.84 Å². The summed E-state index contributed by atoms with van der Waals surface area (Å²) in [5, 5.41) is 15.4. The lowest BCUT2D eigenvalue weighted by Gasteiger charge is -2.40. The zero-order chi connectivity index (χ0) is 14.1. The number of H-pyrrole nitrogens is 1. The predicted molar refractivity (Wildman–Crippen MR) is 68.0 cm³/mol. The first-order valence-electron chi connectivity index (χ1n) is 6.14. The van der Waals surface area contributed by atoms with Crippen molar-refractivity contribution < 1.29 is 18.3 Å². The molecule has 1 fully saturated rings. The highest BCUT2D eigenvalue weighted by molar-refractivity contribution is 7.89. The van der Waals surface area contributed by atoms with Gasteiger partial charge in [-0.15, -0.1) is 0 Å². The zero-order valence-corrected chi connectivity index (χ0v) is 11.9. The van der Waals surface area contributed by atoms with E-state index in [1.54, 1.807) is 14.0 Å². The Morgan fingerprint density at radius 1 is 1.53 bits per heavy atom. The molecule has 2 rings (SSSR count). The molecular weight excluding hydrogens is 270 g/mol. The number of sulfonamides is 1. The number of aliphatic hydroxyl groups excluding tert-OH is 1. The largest absolute Gasteiger partial charge is 0.392 e. The number of hydrogen-bond acceptors (Lipinski definition) is 5. The normalized spacial score (nSPS) is 18.3. The van der Waals surface area contributed by atoms with Gasteiger partial charge in [-0.1, -0.05) is 0 Å².